The van der Waals surface area contributed by atoms with E-state index in [1.807, 2.05) is 41.8 Å². The highest BCUT2D eigenvalue weighted by Crippen LogP contribution is 2.31. The third-order valence-electron chi connectivity index (χ3n) is 4.21. The number of aromatic nitrogens is 2. The van der Waals surface area contributed by atoms with E-state index in [-0.39, 0.29) is 5.91 Å². The number of nitrogens with zero attached hydrogens (tertiary/aromatic N) is 2. The van der Waals surface area contributed by atoms with Crippen molar-refractivity contribution in [2.24, 2.45) is 0 Å². The smallest absolute Gasteiger partial charge is 0.278 e. The number of ether oxygens (including phenoxy) is 1. The monoisotopic (exact) mass is 425 g/mol. The molecule has 0 aliphatic carbocycles. The van der Waals surface area contributed by atoms with E-state index in [0.29, 0.717) is 45.1 Å². The van der Waals surface area contributed by atoms with E-state index in [1.54, 1.807) is 25.3 Å². The number of hydrogen-bond donors (Lipinski definition) is 1. The molecule has 2 aromatic heterocycles. The van der Waals surface area contributed by atoms with Crippen LogP contribution in [-0.2, 0) is 6.54 Å². The Morgan fingerprint density at radius 1 is 1.21 bits per heavy atom. The molecule has 0 fully saturated rings. The Balaban J connectivity index is 1.45. The maximum atomic E-state index is 12.8. The number of rotatable bonds is 6. The van der Waals surface area contributed by atoms with Crippen molar-refractivity contribution in [1.82, 2.24) is 15.5 Å². The lowest BCUT2D eigenvalue weighted by Gasteiger charge is -2.08. The number of carbonyl (C=O) groups excluding carboxylic acids is 1. The topological polar surface area (TPSA) is 77.2 Å². The van der Waals surface area contributed by atoms with Gasteiger partial charge < -0.3 is 14.6 Å². The van der Waals surface area contributed by atoms with Gasteiger partial charge in [-0.15, -0.1) is 0 Å². The predicted octanol–water partition coefficient (Wildman–Crippen LogP) is 5.48. The molecule has 4 aromatic rings. The van der Waals surface area contributed by atoms with Crippen LogP contribution >= 0.6 is 22.9 Å². The Morgan fingerprint density at radius 3 is 2.72 bits per heavy atom. The first-order chi connectivity index (χ1) is 14.1. The number of nitrogens with one attached hydrogen (secondary N) is 1. The number of amides is 1. The van der Waals surface area contributed by atoms with Gasteiger partial charge in [-0.05, 0) is 30.7 Å². The second-order valence-corrected chi connectivity index (χ2v) is 7.43. The molecule has 0 aliphatic rings. The second kappa shape index (κ2) is 8.46. The van der Waals surface area contributed by atoms with Gasteiger partial charge in [-0.2, -0.15) is 0 Å². The molecule has 146 valence electrons. The van der Waals surface area contributed by atoms with Crippen LogP contribution < -0.4 is 10.1 Å². The molecule has 0 aliphatic heterocycles. The average Bonchev–Trinajstić information content (AvgIpc) is 3.37. The summed E-state index contributed by atoms with van der Waals surface area (Å²) < 4.78 is 10.9. The Morgan fingerprint density at radius 2 is 2.00 bits per heavy atom. The fraction of sp³-hybridized carbons (Fsp3) is 0.0952. The second-order valence-electron chi connectivity index (χ2n) is 6.17. The van der Waals surface area contributed by atoms with Gasteiger partial charge in [0.15, 0.2) is 0 Å². The van der Waals surface area contributed by atoms with Crippen LogP contribution in [0.3, 0.4) is 0 Å². The molecule has 2 aromatic carbocycles. The van der Waals surface area contributed by atoms with Gasteiger partial charge in [-0.25, -0.2) is 4.98 Å². The van der Waals surface area contributed by atoms with Gasteiger partial charge in [0.1, 0.15) is 22.8 Å². The molecule has 6 nitrogen and oxygen atoms in total. The van der Waals surface area contributed by atoms with Crippen LogP contribution in [0.4, 0.5) is 0 Å². The minimum atomic E-state index is -0.276. The summed E-state index contributed by atoms with van der Waals surface area (Å²) in [5.41, 5.74) is 2.39. The highest BCUT2D eigenvalue weighted by molar-refractivity contribution is 7.11. The predicted molar refractivity (Wildman–Crippen MR) is 111 cm³/mol. The molecule has 0 spiro atoms. The van der Waals surface area contributed by atoms with E-state index in [4.69, 9.17) is 20.9 Å². The van der Waals surface area contributed by atoms with Gasteiger partial charge in [0.2, 0.25) is 0 Å². The number of carbonyl (C=O) groups is 1. The van der Waals surface area contributed by atoms with Crippen LogP contribution in [0.15, 0.2) is 64.6 Å². The lowest BCUT2D eigenvalue weighted by molar-refractivity contribution is 0.0950. The van der Waals surface area contributed by atoms with Gasteiger partial charge in [-0.3, -0.25) is 4.79 Å². The van der Waals surface area contributed by atoms with Crippen molar-refractivity contribution in [1.29, 1.82) is 0 Å². The maximum absolute atomic E-state index is 12.8. The van der Waals surface area contributed by atoms with Gasteiger partial charge in [0.25, 0.3) is 11.1 Å². The molecule has 1 N–H and O–H groups in total. The Labute approximate surface area is 176 Å². The highest BCUT2D eigenvalue weighted by Gasteiger charge is 2.22. The molecule has 0 unspecified atom stereocenters. The summed E-state index contributed by atoms with van der Waals surface area (Å²) >= 11 is 7.68. The zero-order valence-corrected chi connectivity index (χ0v) is 17.0. The Hall–Kier alpha value is -3.16. The van der Waals surface area contributed by atoms with Crippen LogP contribution in [0, 0.1) is 6.92 Å². The highest BCUT2D eigenvalue weighted by atomic mass is 35.5. The zero-order valence-electron chi connectivity index (χ0n) is 15.4. The third-order valence-corrected chi connectivity index (χ3v) is 5.19. The number of hydrogen-bond acceptors (Lipinski definition) is 6. The zero-order chi connectivity index (χ0) is 20.2. The summed E-state index contributed by atoms with van der Waals surface area (Å²) in [7, 11) is 0. The van der Waals surface area contributed by atoms with Crippen molar-refractivity contribution >= 4 is 28.8 Å². The van der Waals surface area contributed by atoms with Gasteiger partial charge in [0.05, 0.1) is 5.02 Å². The largest absolute Gasteiger partial charge is 0.431 e. The Bertz CT molecular complexity index is 1120. The van der Waals surface area contributed by atoms with E-state index in [2.05, 4.69) is 15.5 Å². The molecule has 0 bridgehead atoms. The first-order valence-corrected chi connectivity index (χ1v) is 10.0. The third kappa shape index (κ3) is 4.31. The summed E-state index contributed by atoms with van der Waals surface area (Å²) in [4.78, 5) is 16.9. The quantitative estimate of drug-likeness (QED) is 0.442. The molecule has 0 saturated heterocycles. The summed E-state index contributed by atoms with van der Waals surface area (Å²) in [5.74, 6) is 0.845. The molecule has 8 heteroatoms. The number of aryl methyl sites for hydroxylation is 1. The van der Waals surface area contributed by atoms with Crippen LogP contribution in [-0.4, -0.2) is 16.0 Å². The standard InChI is InChI=1S/C21H16ClN3O3S/c1-13-18(19(25-28-13)16-4-2-3-5-17(16)22)20(26)24-12-14-6-8-15(9-7-14)27-21-23-10-11-29-21/h2-11H,12H2,1H3,(H,24,26). The van der Waals surface area contributed by atoms with Gasteiger partial charge in [0, 0.05) is 23.7 Å². The van der Waals surface area contributed by atoms with Crippen molar-refractivity contribution in [3.63, 3.8) is 0 Å². The van der Waals surface area contributed by atoms with Crippen molar-refractivity contribution in [3.8, 4) is 22.2 Å². The molecule has 0 saturated carbocycles. The molecule has 4 rings (SSSR count). The van der Waals surface area contributed by atoms with Crippen molar-refractivity contribution in [2.75, 3.05) is 0 Å². The lowest BCUT2D eigenvalue weighted by Crippen LogP contribution is -2.23. The van der Waals surface area contributed by atoms with Crippen molar-refractivity contribution in [2.45, 2.75) is 13.5 Å². The summed E-state index contributed by atoms with van der Waals surface area (Å²) in [6.45, 7) is 2.05. The van der Waals surface area contributed by atoms with E-state index in [0.717, 1.165) is 5.56 Å². The van der Waals surface area contributed by atoms with Crippen LogP contribution in [0.1, 0.15) is 21.7 Å². The number of thiazole rings is 1. The van der Waals surface area contributed by atoms with E-state index >= 15 is 0 Å². The molecule has 0 atom stereocenters. The van der Waals surface area contributed by atoms with E-state index in [1.165, 1.54) is 11.3 Å². The van der Waals surface area contributed by atoms with Crippen LogP contribution in [0.25, 0.3) is 11.3 Å². The first-order valence-electron chi connectivity index (χ1n) is 8.77. The molecule has 1 amide bonds. The van der Waals surface area contributed by atoms with Crippen molar-refractivity contribution < 1.29 is 14.1 Å². The van der Waals surface area contributed by atoms with Crippen LogP contribution in [0.2, 0.25) is 5.02 Å². The molecule has 29 heavy (non-hydrogen) atoms. The fourth-order valence-corrected chi connectivity index (χ4v) is 3.51. The normalized spacial score (nSPS) is 10.7. The maximum Gasteiger partial charge on any atom is 0.278 e. The van der Waals surface area contributed by atoms with E-state index < -0.39 is 0 Å². The Kier molecular flexibility index (Phi) is 5.59. The number of halogens is 1. The first kappa shape index (κ1) is 19.2. The summed E-state index contributed by atoms with van der Waals surface area (Å²) in [6.07, 6.45) is 1.69. The summed E-state index contributed by atoms with van der Waals surface area (Å²) in [6, 6.07) is 14.7. The minimum absolute atomic E-state index is 0.276. The van der Waals surface area contributed by atoms with Gasteiger partial charge >= 0.3 is 0 Å². The minimum Gasteiger partial charge on any atom is -0.431 e. The summed E-state index contributed by atoms with van der Waals surface area (Å²) in [5, 5.41) is 9.87. The fourth-order valence-electron chi connectivity index (χ4n) is 2.78. The lowest BCUT2D eigenvalue weighted by atomic mass is 10.1. The van der Waals surface area contributed by atoms with Crippen LogP contribution in [0.5, 0.6) is 10.9 Å². The van der Waals surface area contributed by atoms with E-state index in [9.17, 15) is 4.79 Å². The molecular weight excluding hydrogens is 410 g/mol. The molecule has 2 heterocycles. The SMILES string of the molecule is Cc1onc(-c2ccccc2Cl)c1C(=O)NCc1ccc(Oc2nccs2)cc1. The average molecular weight is 426 g/mol. The number of benzene rings is 2. The van der Waals surface area contributed by atoms with Gasteiger partial charge in [-0.1, -0.05) is 58.4 Å². The van der Waals surface area contributed by atoms with Crippen molar-refractivity contribution in [3.05, 3.63) is 82.0 Å². The molecular formula is C21H16ClN3O3S. The molecule has 0 radical (unpaired) electrons.